The van der Waals surface area contributed by atoms with E-state index >= 15 is 0 Å². The van der Waals surface area contributed by atoms with Crippen molar-refractivity contribution in [3.8, 4) is 5.75 Å². The Labute approximate surface area is 117 Å². The van der Waals surface area contributed by atoms with E-state index < -0.39 is 0 Å². The van der Waals surface area contributed by atoms with Gasteiger partial charge in [0, 0.05) is 10.5 Å². The fourth-order valence-corrected chi connectivity index (χ4v) is 2.18. The Kier molecular flexibility index (Phi) is 6.19. The van der Waals surface area contributed by atoms with Crippen LogP contribution >= 0.6 is 15.9 Å². The molecule has 0 bridgehead atoms. The molecular weight excluding hydrogens is 294 g/mol. The van der Waals surface area contributed by atoms with Gasteiger partial charge in [-0.15, -0.1) is 0 Å². The number of halogens is 1. The summed E-state index contributed by atoms with van der Waals surface area (Å²) in [7, 11) is 1.57. The number of rotatable bonds is 6. The summed E-state index contributed by atoms with van der Waals surface area (Å²) >= 11 is 3.36. The molecule has 1 unspecified atom stereocenters. The van der Waals surface area contributed by atoms with E-state index in [1.54, 1.807) is 19.2 Å². The van der Waals surface area contributed by atoms with Crippen LogP contribution in [-0.4, -0.2) is 19.1 Å². The largest absolute Gasteiger partial charge is 0.496 e. The fraction of sp³-hybridized carbons (Fsp3) is 0.500. The number of hydrogen-bond acceptors (Lipinski definition) is 2. The van der Waals surface area contributed by atoms with Crippen molar-refractivity contribution >= 4 is 21.8 Å². The summed E-state index contributed by atoms with van der Waals surface area (Å²) < 4.78 is 6.13. The van der Waals surface area contributed by atoms with Gasteiger partial charge in [-0.1, -0.05) is 36.2 Å². The molecule has 0 aliphatic heterocycles. The Morgan fingerprint density at radius 1 is 1.44 bits per heavy atom. The molecule has 4 heteroatoms. The summed E-state index contributed by atoms with van der Waals surface area (Å²) in [6, 6.07) is 5.65. The van der Waals surface area contributed by atoms with E-state index in [1.165, 1.54) is 0 Å². The lowest BCUT2D eigenvalue weighted by Gasteiger charge is -2.17. The van der Waals surface area contributed by atoms with Gasteiger partial charge in [0.05, 0.1) is 12.7 Å². The molecule has 1 rings (SSSR count). The van der Waals surface area contributed by atoms with E-state index in [-0.39, 0.29) is 11.9 Å². The highest BCUT2D eigenvalue weighted by Crippen LogP contribution is 2.23. The first-order chi connectivity index (χ1) is 8.62. The molecule has 0 heterocycles. The summed E-state index contributed by atoms with van der Waals surface area (Å²) in [5.41, 5.74) is 0.579. The average Bonchev–Trinajstić information content (AvgIpc) is 2.37. The van der Waals surface area contributed by atoms with Crippen LogP contribution in [0.1, 0.15) is 43.5 Å². The minimum Gasteiger partial charge on any atom is -0.496 e. The third kappa shape index (κ3) is 4.02. The number of carbonyl (C=O) groups is 1. The molecule has 1 aromatic carbocycles. The maximum absolute atomic E-state index is 12.2. The molecule has 18 heavy (non-hydrogen) atoms. The minimum atomic E-state index is -0.0698. The number of nitrogens with one attached hydrogen (secondary N) is 1. The number of carbonyl (C=O) groups excluding carboxylic acids is 1. The monoisotopic (exact) mass is 313 g/mol. The van der Waals surface area contributed by atoms with Gasteiger partial charge in [0.15, 0.2) is 0 Å². The van der Waals surface area contributed by atoms with Gasteiger partial charge in [0.2, 0.25) is 0 Å². The zero-order valence-corrected chi connectivity index (χ0v) is 12.7. The molecule has 0 radical (unpaired) electrons. The summed E-state index contributed by atoms with van der Waals surface area (Å²) in [6.45, 7) is 4.20. The third-order valence-electron chi connectivity index (χ3n) is 2.87. The van der Waals surface area contributed by atoms with Crippen molar-refractivity contribution in [2.24, 2.45) is 0 Å². The molecule has 100 valence electrons. The molecule has 0 saturated heterocycles. The van der Waals surface area contributed by atoms with Crippen LogP contribution in [0.2, 0.25) is 0 Å². The van der Waals surface area contributed by atoms with Gasteiger partial charge in [-0.2, -0.15) is 0 Å². The molecule has 0 aliphatic carbocycles. The fourth-order valence-electron chi connectivity index (χ4n) is 1.84. The van der Waals surface area contributed by atoms with Crippen molar-refractivity contribution in [3.05, 3.63) is 28.2 Å². The van der Waals surface area contributed by atoms with Crippen molar-refractivity contribution in [2.45, 2.75) is 39.2 Å². The van der Waals surface area contributed by atoms with Crippen LogP contribution < -0.4 is 10.1 Å². The van der Waals surface area contributed by atoms with Crippen molar-refractivity contribution in [1.29, 1.82) is 0 Å². The maximum Gasteiger partial charge on any atom is 0.255 e. The zero-order chi connectivity index (χ0) is 13.5. The lowest BCUT2D eigenvalue weighted by Crippen LogP contribution is -2.34. The van der Waals surface area contributed by atoms with E-state index in [2.05, 4.69) is 35.1 Å². The first kappa shape index (κ1) is 15.0. The van der Waals surface area contributed by atoms with Crippen molar-refractivity contribution in [2.75, 3.05) is 7.11 Å². The van der Waals surface area contributed by atoms with Gasteiger partial charge in [-0.3, -0.25) is 4.79 Å². The molecule has 0 saturated carbocycles. The third-order valence-corrected chi connectivity index (χ3v) is 3.37. The van der Waals surface area contributed by atoms with E-state index in [0.29, 0.717) is 11.3 Å². The second kappa shape index (κ2) is 7.41. The van der Waals surface area contributed by atoms with Crippen molar-refractivity contribution in [3.63, 3.8) is 0 Å². The van der Waals surface area contributed by atoms with Gasteiger partial charge >= 0.3 is 0 Å². The predicted molar refractivity (Wildman–Crippen MR) is 77.1 cm³/mol. The maximum atomic E-state index is 12.2. The number of hydrogen-bond donors (Lipinski definition) is 1. The van der Waals surface area contributed by atoms with E-state index in [1.807, 2.05) is 6.07 Å². The lowest BCUT2D eigenvalue weighted by molar-refractivity contribution is 0.0930. The summed E-state index contributed by atoms with van der Waals surface area (Å²) in [5, 5.41) is 3.04. The Hall–Kier alpha value is -1.03. The highest BCUT2D eigenvalue weighted by atomic mass is 79.9. The molecule has 1 atom stereocenters. The molecule has 3 nitrogen and oxygen atoms in total. The van der Waals surface area contributed by atoms with Gasteiger partial charge in [0.1, 0.15) is 5.75 Å². The van der Waals surface area contributed by atoms with E-state index in [9.17, 15) is 4.79 Å². The first-order valence-corrected chi connectivity index (χ1v) is 7.06. The molecular formula is C14H20BrNO2. The zero-order valence-electron chi connectivity index (χ0n) is 11.1. The molecule has 1 aromatic rings. The number of methoxy groups -OCH3 is 1. The molecule has 0 spiro atoms. The van der Waals surface area contributed by atoms with Crippen LogP contribution in [0.5, 0.6) is 5.75 Å². The highest BCUT2D eigenvalue weighted by molar-refractivity contribution is 9.10. The Morgan fingerprint density at radius 3 is 2.72 bits per heavy atom. The second-order valence-corrected chi connectivity index (χ2v) is 5.13. The molecule has 1 amide bonds. The lowest BCUT2D eigenvalue weighted by atomic mass is 10.1. The van der Waals surface area contributed by atoms with Crippen LogP contribution in [0.15, 0.2) is 22.7 Å². The summed E-state index contributed by atoms with van der Waals surface area (Å²) in [5.74, 6) is 0.521. The van der Waals surface area contributed by atoms with Crippen LogP contribution in [0.25, 0.3) is 0 Å². The minimum absolute atomic E-state index is 0.0698. The Morgan fingerprint density at radius 2 is 2.17 bits per heavy atom. The smallest absolute Gasteiger partial charge is 0.255 e. The highest BCUT2D eigenvalue weighted by Gasteiger charge is 2.15. The molecule has 0 aromatic heterocycles. The van der Waals surface area contributed by atoms with Gasteiger partial charge in [-0.25, -0.2) is 0 Å². The second-order valence-electron chi connectivity index (χ2n) is 4.21. The topological polar surface area (TPSA) is 38.3 Å². The van der Waals surface area contributed by atoms with Gasteiger partial charge in [-0.05, 0) is 31.0 Å². The standard InChI is InChI=1S/C14H20BrNO2/c1-4-6-11(5-2)16-14(17)12-8-7-10(15)9-13(12)18-3/h7-9,11H,4-6H2,1-3H3,(H,16,17). The summed E-state index contributed by atoms with van der Waals surface area (Å²) in [6.07, 6.45) is 3.01. The van der Waals surface area contributed by atoms with Crippen LogP contribution in [-0.2, 0) is 0 Å². The SMILES string of the molecule is CCCC(CC)NC(=O)c1ccc(Br)cc1OC. The number of benzene rings is 1. The van der Waals surface area contributed by atoms with E-state index in [0.717, 1.165) is 23.7 Å². The van der Waals surface area contributed by atoms with Crippen molar-refractivity contribution < 1.29 is 9.53 Å². The number of ether oxygens (including phenoxy) is 1. The Bertz CT molecular complexity index is 407. The van der Waals surface area contributed by atoms with Crippen LogP contribution in [0.3, 0.4) is 0 Å². The normalized spacial score (nSPS) is 12.0. The van der Waals surface area contributed by atoms with Crippen molar-refractivity contribution in [1.82, 2.24) is 5.32 Å². The van der Waals surface area contributed by atoms with E-state index in [4.69, 9.17) is 4.74 Å². The number of amides is 1. The van der Waals surface area contributed by atoms with Crippen LogP contribution in [0, 0.1) is 0 Å². The quantitative estimate of drug-likeness (QED) is 0.868. The predicted octanol–water partition coefficient (Wildman–Crippen LogP) is 3.77. The van der Waals surface area contributed by atoms with Crippen LogP contribution in [0.4, 0.5) is 0 Å². The van der Waals surface area contributed by atoms with Gasteiger partial charge < -0.3 is 10.1 Å². The molecule has 1 N–H and O–H groups in total. The molecule has 0 aliphatic rings. The first-order valence-electron chi connectivity index (χ1n) is 6.26. The summed E-state index contributed by atoms with van der Waals surface area (Å²) in [4.78, 5) is 12.2. The molecule has 0 fully saturated rings. The average molecular weight is 314 g/mol. The van der Waals surface area contributed by atoms with Gasteiger partial charge in [0.25, 0.3) is 5.91 Å². The Balaban J connectivity index is 2.83.